The number of esters is 1. The van der Waals surface area contributed by atoms with E-state index >= 15 is 0 Å². The molecule has 0 fully saturated rings. The Balaban J connectivity index is 1.68. The molecule has 2 N–H and O–H groups in total. The van der Waals surface area contributed by atoms with E-state index in [1.54, 1.807) is 18.2 Å². The van der Waals surface area contributed by atoms with Crippen molar-refractivity contribution in [2.45, 2.75) is 13.3 Å². The zero-order chi connectivity index (χ0) is 19.4. The molecule has 0 radical (unpaired) electrons. The van der Waals surface area contributed by atoms with Crippen LogP contribution in [0.5, 0.6) is 11.5 Å². The van der Waals surface area contributed by atoms with E-state index in [-0.39, 0.29) is 23.5 Å². The first-order valence-electron chi connectivity index (χ1n) is 8.26. The molecule has 1 amide bonds. The highest BCUT2D eigenvalue weighted by Gasteiger charge is 2.12. The maximum Gasteiger partial charge on any atom is 0.349 e. The second kappa shape index (κ2) is 7.74. The number of amides is 1. The first-order chi connectivity index (χ1) is 13.0. The van der Waals surface area contributed by atoms with Gasteiger partial charge in [-0.15, -0.1) is 0 Å². The van der Waals surface area contributed by atoms with Crippen LogP contribution in [0.2, 0.25) is 0 Å². The molecule has 0 aliphatic carbocycles. The van der Waals surface area contributed by atoms with Crippen LogP contribution in [-0.4, -0.2) is 18.5 Å². The number of ether oxygens (including phenoxy) is 2. The lowest BCUT2D eigenvalue weighted by molar-refractivity contribution is -0.136. The molecular weight excluding hydrogens is 350 g/mol. The van der Waals surface area contributed by atoms with E-state index in [9.17, 15) is 14.4 Å². The van der Waals surface area contributed by atoms with Gasteiger partial charge in [-0.3, -0.25) is 4.79 Å². The maximum atomic E-state index is 12.0. The number of hydrogen-bond acceptors (Lipinski definition) is 6. The van der Waals surface area contributed by atoms with Gasteiger partial charge in [0.1, 0.15) is 22.6 Å². The smallest absolute Gasteiger partial charge is 0.349 e. The van der Waals surface area contributed by atoms with Crippen molar-refractivity contribution >= 4 is 22.8 Å². The largest absolute Gasteiger partial charge is 0.482 e. The van der Waals surface area contributed by atoms with E-state index in [4.69, 9.17) is 19.6 Å². The fourth-order valence-corrected chi connectivity index (χ4v) is 2.45. The minimum absolute atomic E-state index is 0.173. The van der Waals surface area contributed by atoms with Crippen molar-refractivity contribution in [1.82, 2.24) is 0 Å². The number of benzene rings is 2. The minimum atomic E-state index is -0.870. The van der Waals surface area contributed by atoms with Crippen molar-refractivity contribution in [2.75, 3.05) is 6.61 Å². The summed E-state index contributed by atoms with van der Waals surface area (Å²) in [7, 11) is 0. The second-order valence-corrected chi connectivity index (χ2v) is 5.77. The standard InChI is InChI=1S/C20H17NO6/c1-2-12-3-6-14(7-4-12)25-11-18(22)26-15-8-5-13-9-16(19(21)23)20(24)27-17(13)10-15/h3-10H,2,11H2,1H3,(H2,21,23). The molecule has 27 heavy (non-hydrogen) atoms. The van der Waals surface area contributed by atoms with E-state index in [1.165, 1.54) is 23.8 Å². The number of primary amides is 1. The monoisotopic (exact) mass is 367 g/mol. The van der Waals surface area contributed by atoms with Gasteiger partial charge in [-0.05, 0) is 42.3 Å². The van der Waals surface area contributed by atoms with Crippen molar-refractivity contribution in [3.05, 3.63) is 70.1 Å². The summed E-state index contributed by atoms with van der Waals surface area (Å²) in [6.45, 7) is 1.78. The summed E-state index contributed by atoms with van der Waals surface area (Å²) >= 11 is 0. The van der Waals surface area contributed by atoms with Gasteiger partial charge in [0, 0.05) is 11.5 Å². The molecule has 0 spiro atoms. The molecule has 0 aliphatic heterocycles. The van der Waals surface area contributed by atoms with Crippen LogP contribution in [0.1, 0.15) is 22.8 Å². The third-order valence-corrected chi connectivity index (χ3v) is 3.89. The Morgan fingerprint density at radius 3 is 2.41 bits per heavy atom. The Morgan fingerprint density at radius 2 is 1.74 bits per heavy atom. The van der Waals surface area contributed by atoms with Crippen molar-refractivity contribution in [2.24, 2.45) is 5.73 Å². The Kier molecular flexibility index (Phi) is 5.21. The number of fused-ring (bicyclic) bond motifs is 1. The quantitative estimate of drug-likeness (QED) is 0.407. The van der Waals surface area contributed by atoms with E-state index in [1.807, 2.05) is 19.1 Å². The molecular formula is C20H17NO6. The molecule has 0 aliphatic rings. The number of nitrogens with two attached hydrogens (primary N) is 1. The average molecular weight is 367 g/mol. The number of hydrogen-bond donors (Lipinski definition) is 1. The fraction of sp³-hybridized carbons (Fsp3) is 0.150. The molecule has 0 atom stereocenters. The van der Waals surface area contributed by atoms with Crippen LogP contribution in [0.25, 0.3) is 11.0 Å². The molecule has 3 rings (SSSR count). The lowest BCUT2D eigenvalue weighted by Crippen LogP contribution is -2.20. The maximum absolute atomic E-state index is 12.0. The van der Waals surface area contributed by atoms with Gasteiger partial charge < -0.3 is 19.6 Å². The Morgan fingerprint density at radius 1 is 1.04 bits per heavy atom. The summed E-state index contributed by atoms with van der Waals surface area (Å²) in [4.78, 5) is 34.9. The Labute approximate surface area is 154 Å². The van der Waals surface area contributed by atoms with Crippen LogP contribution in [0.15, 0.2) is 57.7 Å². The van der Waals surface area contributed by atoms with Crippen molar-refractivity contribution in [3.8, 4) is 11.5 Å². The first-order valence-corrected chi connectivity index (χ1v) is 8.26. The van der Waals surface area contributed by atoms with Crippen LogP contribution in [0.3, 0.4) is 0 Å². The lowest BCUT2D eigenvalue weighted by atomic mass is 10.2. The summed E-state index contributed by atoms with van der Waals surface area (Å²) in [6.07, 6.45) is 0.918. The molecule has 1 aromatic heterocycles. The third-order valence-electron chi connectivity index (χ3n) is 3.89. The van der Waals surface area contributed by atoms with Crippen molar-refractivity contribution in [1.29, 1.82) is 0 Å². The topological polar surface area (TPSA) is 109 Å². The van der Waals surface area contributed by atoms with Crippen LogP contribution in [0.4, 0.5) is 0 Å². The lowest BCUT2D eigenvalue weighted by Gasteiger charge is -2.08. The van der Waals surface area contributed by atoms with Crippen LogP contribution in [0, 0.1) is 0 Å². The average Bonchev–Trinajstić information content (AvgIpc) is 2.66. The van der Waals surface area contributed by atoms with Crippen LogP contribution in [-0.2, 0) is 11.2 Å². The molecule has 1 heterocycles. The minimum Gasteiger partial charge on any atom is -0.482 e. The van der Waals surface area contributed by atoms with Crippen molar-refractivity contribution < 1.29 is 23.5 Å². The Bertz CT molecular complexity index is 1050. The summed E-state index contributed by atoms with van der Waals surface area (Å²) in [5.41, 5.74) is 5.37. The Hall–Kier alpha value is -3.61. The molecule has 7 nitrogen and oxygen atoms in total. The van der Waals surface area contributed by atoms with Gasteiger partial charge in [-0.2, -0.15) is 0 Å². The summed E-state index contributed by atoms with van der Waals surface area (Å²) in [5, 5.41) is 0.482. The fourth-order valence-electron chi connectivity index (χ4n) is 2.45. The van der Waals surface area contributed by atoms with Gasteiger partial charge in [0.25, 0.3) is 5.91 Å². The van der Waals surface area contributed by atoms with Gasteiger partial charge in [0.05, 0.1) is 0 Å². The van der Waals surface area contributed by atoms with E-state index in [0.717, 1.165) is 6.42 Å². The van der Waals surface area contributed by atoms with Gasteiger partial charge in [-0.1, -0.05) is 19.1 Å². The normalized spacial score (nSPS) is 10.6. The third kappa shape index (κ3) is 4.33. The van der Waals surface area contributed by atoms with E-state index in [2.05, 4.69) is 0 Å². The molecule has 0 saturated carbocycles. The number of carbonyl (C=O) groups is 2. The molecule has 0 unspecified atom stereocenters. The number of rotatable bonds is 6. The van der Waals surface area contributed by atoms with Gasteiger partial charge in [-0.25, -0.2) is 9.59 Å². The molecule has 0 bridgehead atoms. The summed E-state index contributed by atoms with van der Waals surface area (Å²) in [5.74, 6) is -0.727. The van der Waals surface area contributed by atoms with Crippen LogP contribution >= 0.6 is 0 Å². The van der Waals surface area contributed by atoms with Gasteiger partial charge >= 0.3 is 11.6 Å². The first kappa shape index (κ1) is 18.2. The molecule has 138 valence electrons. The molecule has 2 aromatic carbocycles. The molecule has 7 heteroatoms. The SMILES string of the molecule is CCc1ccc(OCC(=O)Oc2ccc3cc(C(N)=O)c(=O)oc3c2)cc1. The molecule has 0 saturated heterocycles. The van der Waals surface area contributed by atoms with Gasteiger partial charge in [0.2, 0.25) is 0 Å². The predicted octanol–water partition coefficient (Wildman–Crippen LogP) is 2.44. The van der Waals surface area contributed by atoms with Crippen LogP contribution < -0.4 is 20.8 Å². The highest BCUT2D eigenvalue weighted by Crippen LogP contribution is 2.21. The van der Waals surface area contributed by atoms with Crippen molar-refractivity contribution in [3.63, 3.8) is 0 Å². The van der Waals surface area contributed by atoms with E-state index < -0.39 is 17.5 Å². The van der Waals surface area contributed by atoms with E-state index in [0.29, 0.717) is 11.1 Å². The summed E-state index contributed by atoms with van der Waals surface area (Å²) < 4.78 is 15.6. The molecule has 3 aromatic rings. The highest BCUT2D eigenvalue weighted by atomic mass is 16.6. The zero-order valence-electron chi connectivity index (χ0n) is 14.6. The second-order valence-electron chi connectivity index (χ2n) is 5.77. The zero-order valence-corrected chi connectivity index (χ0v) is 14.6. The van der Waals surface area contributed by atoms with Gasteiger partial charge in [0.15, 0.2) is 6.61 Å². The number of aryl methyl sites for hydroxylation is 1. The highest BCUT2D eigenvalue weighted by molar-refractivity contribution is 5.95. The summed E-state index contributed by atoms with van der Waals surface area (Å²) in [6, 6.07) is 13.2. The number of carbonyl (C=O) groups excluding carboxylic acids is 2. The predicted molar refractivity (Wildman–Crippen MR) is 98.0 cm³/mol.